The molecule has 0 atom stereocenters. The third kappa shape index (κ3) is 1.80. The van der Waals surface area contributed by atoms with Gasteiger partial charge in [0.05, 0.1) is 23.4 Å². The minimum absolute atomic E-state index is 0.941. The number of aromatic nitrogens is 3. The Bertz CT molecular complexity index is 642. The average Bonchev–Trinajstić information content (AvgIpc) is 2.83. The Balaban J connectivity index is 2.19. The molecule has 0 aliphatic carbocycles. The zero-order valence-electron chi connectivity index (χ0n) is 10.1. The van der Waals surface area contributed by atoms with E-state index in [1.807, 2.05) is 54.3 Å². The van der Waals surface area contributed by atoms with Crippen molar-refractivity contribution < 1.29 is 0 Å². The van der Waals surface area contributed by atoms with E-state index in [2.05, 4.69) is 22.1 Å². The quantitative estimate of drug-likeness (QED) is 0.683. The van der Waals surface area contributed by atoms with Crippen LogP contribution in [0.5, 0.6) is 0 Å². The van der Waals surface area contributed by atoms with Crippen LogP contribution in [0.15, 0.2) is 61.1 Å². The highest BCUT2D eigenvalue weighted by Crippen LogP contribution is 2.28. The smallest absolute Gasteiger partial charge is 0.0979 e. The second-order valence-electron chi connectivity index (χ2n) is 4.13. The lowest BCUT2D eigenvalue weighted by atomic mass is 10.1. The highest BCUT2D eigenvalue weighted by Gasteiger charge is 2.13. The normalized spacial score (nSPS) is 10.5. The lowest BCUT2D eigenvalue weighted by Crippen LogP contribution is -1.93. The van der Waals surface area contributed by atoms with Crippen LogP contribution in [0.4, 0.5) is 0 Å². The van der Waals surface area contributed by atoms with E-state index in [0.717, 1.165) is 22.6 Å². The molecular weight excluding hydrogens is 222 g/mol. The van der Waals surface area contributed by atoms with Crippen molar-refractivity contribution in [2.24, 2.45) is 7.05 Å². The van der Waals surface area contributed by atoms with E-state index in [-0.39, 0.29) is 0 Å². The van der Waals surface area contributed by atoms with E-state index in [0.29, 0.717) is 0 Å². The first kappa shape index (κ1) is 10.7. The van der Waals surface area contributed by atoms with Gasteiger partial charge in [0.1, 0.15) is 0 Å². The number of aryl methyl sites for hydroxylation is 1. The van der Waals surface area contributed by atoms with Crippen molar-refractivity contribution in [1.29, 1.82) is 0 Å². The van der Waals surface area contributed by atoms with Crippen molar-refractivity contribution in [3.05, 3.63) is 61.1 Å². The number of rotatable bonds is 2. The van der Waals surface area contributed by atoms with Crippen LogP contribution in [0.2, 0.25) is 0 Å². The Morgan fingerprint density at radius 3 is 2.39 bits per heavy atom. The summed E-state index contributed by atoms with van der Waals surface area (Å²) < 4.78 is 2.00. The molecule has 3 aromatic rings. The van der Waals surface area contributed by atoms with Crippen molar-refractivity contribution in [2.75, 3.05) is 0 Å². The van der Waals surface area contributed by atoms with Gasteiger partial charge >= 0.3 is 0 Å². The van der Waals surface area contributed by atoms with Gasteiger partial charge in [-0.25, -0.2) is 4.98 Å². The fraction of sp³-hybridized carbons (Fsp3) is 0.0667. The van der Waals surface area contributed by atoms with E-state index in [1.54, 1.807) is 6.20 Å². The minimum atomic E-state index is 0.941. The monoisotopic (exact) mass is 235 g/mol. The molecule has 0 radical (unpaired) electrons. The molecule has 2 heterocycles. The molecule has 2 aromatic heterocycles. The molecule has 0 bridgehead atoms. The number of nitrogens with zero attached hydrogens (tertiary/aromatic N) is 3. The van der Waals surface area contributed by atoms with Gasteiger partial charge in [-0.2, -0.15) is 0 Å². The summed E-state index contributed by atoms with van der Waals surface area (Å²) in [5.74, 6) is 0. The third-order valence-corrected chi connectivity index (χ3v) is 2.89. The van der Waals surface area contributed by atoms with Crippen LogP contribution in [0.1, 0.15) is 0 Å². The Hall–Kier alpha value is -2.42. The Kier molecular flexibility index (Phi) is 2.65. The van der Waals surface area contributed by atoms with E-state index in [1.165, 1.54) is 0 Å². The summed E-state index contributed by atoms with van der Waals surface area (Å²) in [5, 5.41) is 0. The van der Waals surface area contributed by atoms with Crippen LogP contribution in [-0.4, -0.2) is 14.5 Å². The molecule has 0 amide bonds. The second-order valence-corrected chi connectivity index (χ2v) is 4.13. The highest BCUT2D eigenvalue weighted by atomic mass is 15.0. The van der Waals surface area contributed by atoms with Gasteiger partial charge in [-0.3, -0.25) is 4.98 Å². The predicted molar refractivity (Wildman–Crippen MR) is 71.9 cm³/mol. The minimum Gasteiger partial charge on any atom is -0.332 e. The summed E-state index contributed by atoms with van der Waals surface area (Å²) in [6, 6.07) is 16.1. The molecule has 0 saturated carbocycles. The molecule has 3 nitrogen and oxygen atoms in total. The van der Waals surface area contributed by atoms with Crippen LogP contribution in [-0.2, 0) is 7.05 Å². The zero-order chi connectivity index (χ0) is 12.4. The van der Waals surface area contributed by atoms with Gasteiger partial charge in [0.2, 0.25) is 0 Å². The zero-order valence-corrected chi connectivity index (χ0v) is 10.1. The summed E-state index contributed by atoms with van der Waals surface area (Å²) >= 11 is 0. The van der Waals surface area contributed by atoms with Crippen molar-refractivity contribution in [3.8, 4) is 22.6 Å². The fourth-order valence-corrected chi connectivity index (χ4v) is 2.04. The summed E-state index contributed by atoms with van der Waals surface area (Å²) in [6.45, 7) is 0. The van der Waals surface area contributed by atoms with Gasteiger partial charge in [-0.1, -0.05) is 36.4 Å². The van der Waals surface area contributed by atoms with Gasteiger partial charge in [0, 0.05) is 18.8 Å². The van der Waals surface area contributed by atoms with Gasteiger partial charge < -0.3 is 4.57 Å². The van der Waals surface area contributed by atoms with Gasteiger partial charge in [0.25, 0.3) is 0 Å². The molecule has 0 spiro atoms. The van der Waals surface area contributed by atoms with E-state index in [9.17, 15) is 0 Å². The Labute approximate surface area is 106 Å². The van der Waals surface area contributed by atoms with Crippen molar-refractivity contribution in [3.63, 3.8) is 0 Å². The van der Waals surface area contributed by atoms with Crippen LogP contribution in [0.25, 0.3) is 22.6 Å². The largest absolute Gasteiger partial charge is 0.332 e. The number of imidazole rings is 1. The number of pyridine rings is 1. The summed E-state index contributed by atoms with van der Waals surface area (Å²) in [7, 11) is 1.99. The standard InChI is InChI=1S/C15H13N3/c1-18-11-17-14(12-7-3-2-4-8-12)15(18)13-9-5-6-10-16-13/h2-11H,1H3. The first-order chi connectivity index (χ1) is 8.86. The molecule has 0 fully saturated rings. The second kappa shape index (κ2) is 4.45. The van der Waals surface area contributed by atoms with Crippen LogP contribution in [0, 0.1) is 0 Å². The maximum Gasteiger partial charge on any atom is 0.0979 e. The lowest BCUT2D eigenvalue weighted by Gasteiger charge is -2.05. The molecule has 0 saturated heterocycles. The molecule has 18 heavy (non-hydrogen) atoms. The molecule has 3 rings (SSSR count). The molecule has 1 aromatic carbocycles. The van der Waals surface area contributed by atoms with Crippen molar-refractivity contribution in [1.82, 2.24) is 14.5 Å². The molecule has 0 N–H and O–H groups in total. The number of hydrogen-bond acceptors (Lipinski definition) is 2. The summed E-state index contributed by atoms with van der Waals surface area (Å²) in [5.41, 5.74) is 4.06. The molecule has 0 unspecified atom stereocenters. The summed E-state index contributed by atoms with van der Waals surface area (Å²) in [4.78, 5) is 8.89. The Morgan fingerprint density at radius 2 is 1.67 bits per heavy atom. The number of benzene rings is 1. The Morgan fingerprint density at radius 1 is 0.889 bits per heavy atom. The summed E-state index contributed by atoms with van der Waals surface area (Å²) in [6.07, 6.45) is 3.63. The van der Waals surface area contributed by atoms with Crippen molar-refractivity contribution >= 4 is 0 Å². The van der Waals surface area contributed by atoms with Gasteiger partial charge in [-0.05, 0) is 12.1 Å². The predicted octanol–water partition coefficient (Wildman–Crippen LogP) is 3.15. The van der Waals surface area contributed by atoms with Crippen LogP contribution >= 0.6 is 0 Å². The maximum atomic E-state index is 4.49. The fourth-order valence-electron chi connectivity index (χ4n) is 2.04. The van der Waals surface area contributed by atoms with E-state index < -0.39 is 0 Å². The average molecular weight is 235 g/mol. The highest BCUT2D eigenvalue weighted by molar-refractivity contribution is 5.76. The molecule has 0 aliphatic rings. The molecule has 88 valence electrons. The van der Waals surface area contributed by atoms with Crippen molar-refractivity contribution in [2.45, 2.75) is 0 Å². The van der Waals surface area contributed by atoms with E-state index in [4.69, 9.17) is 0 Å². The third-order valence-electron chi connectivity index (χ3n) is 2.89. The van der Waals surface area contributed by atoms with Crippen LogP contribution < -0.4 is 0 Å². The lowest BCUT2D eigenvalue weighted by molar-refractivity contribution is 0.916. The topological polar surface area (TPSA) is 30.7 Å². The van der Waals surface area contributed by atoms with Gasteiger partial charge in [-0.15, -0.1) is 0 Å². The molecule has 0 aliphatic heterocycles. The molecular formula is C15H13N3. The van der Waals surface area contributed by atoms with E-state index >= 15 is 0 Å². The SMILES string of the molecule is Cn1cnc(-c2ccccc2)c1-c1ccccn1. The first-order valence-electron chi connectivity index (χ1n) is 5.84. The molecule has 3 heteroatoms. The maximum absolute atomic E-state index is 4.49. The number of hydrogen-bond donors (Lipinski definition) is 0. The van der Waals surface area contributed by atoms with Crippen LogP contribution in [0.3, 0.4) is 0 Å². The van der Waals surface area contributed by atoms with Gasteiger partial charge in [0.15, 0.2) is 0 Å². The first-order valence-corrected chi connectivity index (χ1v) is 5.84.